The minimum atomic E-state index is -0.312. The van der Waals surface area contributed by atoms with E-state index in [9.17, 15) is 9.18 Å². The van der Waals surface area contributed by atoms with Crippen LogP contribution in [0.1, 0.15) is 5.56 Å². The predicted molar refractivity (Wildman–Crippen MR) is 80.4 cm³/mol. The quantitative estimate of drug-likeness (QED) is 0.706. The number of halogens is 2. The smallest absolute Gasteiger partial charge is 0.295 e. The first-order chi connectivity index (χ1) is 9.58. The van der Waals surface area contributed by atoms with E-state index in [1.807, 2.05) is 24.3 Å². The van der Waals surface area contributed by atoms with Crippen LogP contribution in [0.3, 0.4) is 0 Å². The van der Waals surface area contributed by atoms with Crippen LogP contribution in [0.5, 0.6) is 0 Å². The van der Waals surface area contributed by atoms with E-state index in [1.165, 1.54) is 6.07 Å². The maximum Gasteiger partial charge on any atom is 0.329 e. The maximum absolute atomic E-state index is 13.9. The number of fused-ring (bicyclic) bond motifs is 1. The Labute approximate surface area is 123 Å². The molecule has 1 aromatic heterocycles. The van der Waals surface area contributed by atoms with Crippen LogP contribution in [0.2, 0.25) is 0 Å². The molecule has 0 N–H and O–H groups in total. The zero-order valence-electron chi connectivity index (χ0n) is 10.8. The minimum Gasteiger partial charge on any atom is -0.295 e. The Balaban J connectivity index is 2.18. The summed E-state index contributed by atoms with van der Waals surface area (Å²) in [5, 5.41) is 0. The molecule has 3 nitrogen and oxygen atoms in total. The summed E-state index contributed by atoms with van der Waals surface area (Å²) in [6.07, 6.45) is 0. The van der Waals surface area contributed by atoms with Gasteiger partial charge in [-0.25, -0.2) is 9.18 Å². The second-order valence-corrected chi connectivity index (χ2v) is 5.57. The standard InChI is InChI=1S/C15H12BrFN2O/c1-18-13-4-2-3-5-14(13)19(15(18)20)9-10-8-11(16)6-7-12(10)17/h2-8H,9H2,1H3. The lowest BCUT2D eigenvalue weighted by molar-refractivity contribution is 0.596. The number of benzene rings is 2. The molecule has 102 valence electrons. The Hall–Kier alpha value is -1.88. The molecule has 3 aromatic rings. The molecule has 0 amide bonds. The van der Waals surface area contributed by atoms with Crippen molar-refractivity contribution < 1.29 is 4.39 Å². The summed E-state index contributed by atoms with van der Waals surface area (Å²) < 4.78 is 17.8. The van der Waals surface area contributed by atoms with Crippen LogP contribution in [0.4, 0.5) is 4.39 Å². The Morgan fingerprint density at radius 2 is 1.85 bits per heavy atom. The summed E-state index contributed by atoms with van der Waals surface area (Å²) in [6.45, 7) is 0.214. The van der Waals surface area contributed by atoms with E-state index in [1.54, 1.807) is 28.3 Å². The van der Waals surface area contributed by atoms with Gasteiger partial charge in [-0.2, -0.15) is 0 Å². The highest BCUT2D eigenvalue weighted by Crippen LogP contribution is 2.18. The molecule has 0 saturated carbocycles. The number of imidazole rings is 1. The molecule has 0 aliphatic rings. The van der Waals surface area contributed by atoms with Crippen molar-refractivity contribution >= 4 is 27.0 Å². The highest BCUT2D eigenvalue weighted by Gasteiger charge is 2.12. The van der Waals surface area contributed by atoms with Crippen molar-refractivity contribution in [1.29, 1.82) is 0 Å². The number of para-hydroxylation sites is 2. The molecule has 0 spiro atoms. The van der Waals surface area contributed by atoms with Gasteiger partial charge >= 0.3 is 5.69 Å². The molecule has 0 unspecified atom stereocenters. The molecule has 1 heterocycles. The average Bonchev–Trinajstić information content (AvgIpc) is 2.68. The minimum absolute atomic E-state index is 0.148. The van der Waals surface area contributed by atoms with Gasteiger partial charge < -0.3 is 0 Å². The lowest BCUT2D eigenvalue weighted by atomic mass is 10.2. The van der Waals surface area contributed by atoms with Gasteiger partial charge in [0.1, 0.15) is 5.82 Å². The summed E-state index contributed by atoms with van der Waals surface area (Å²) in [7, 11) is 1.72. The Morgan fingerprint density at radius 3 is 2.60 bits per heavy atom. The summed E-state index contributed by atoms with van der Waals surface area (Å²) in [4.78, 5) is 12.3. The molecule has 0 saturated heterocycles. The molecule has 3 rings (SSSR count). The third-order valence-electron chi connectivity index (χ3n) is 3.39. The topological polar surface area (TPSA) is 26.9 Å². The van der Waals surface area contributed by atoms with Crippen LogP contribution in [-0.2, 0) is 13.6 Å². The van der Waals surface area contributed by atoms with Gasteiger partial charge in [0.2, 0.25) is 0 Å². The second kappa shape index (κ2) is 4.90. The van der Waals surface area contributed by atoms with Crippen molar-refractivity contribution in [3.05, 3.63) is 68.8 Å². The summed E-state index contributed by atoms with van der Waals surface area (Å²) in [5.74, 6) is -0.312. The number of aryl methyl sites for hydroxylation is 1. The summed E-state index contributed by atoms with van der Waals surface area (Å²) in [6, 6.07) is 12.2. The lowest BCUT2D eigenvalue weighted by Crippen LogP contribution is -2.23. The van der Waals surface area contributed by atoms with E-state index in [0.717, 1.165) is 15.5 Å². The van der Waals surface area contributed by atoms with Crippen molar-refractivity contribution in [2.24, 2.45) is 7.05 Å². The number of hydrogen-bond acceptors (Lipinski definition) is 1. The molecule has 0 fully saturated rings. The fourth-order valence-electron chi connectivity index (χ4n) is 2.35. The Morgan fingerprint density at radius 1 is 1.15 bits per heavy atom. The van der Waals surface area contributed by atoms with E-state index in [4.69, 9.17) is 0 Å². The van der Waals surface area contributed by atoms with Gasteiger partial charge in [-0.15, -0.1) is 0 Å². The van der Waals surface area contributed by atoms with Crippen molar-refractivity contribution in [1.82, 2.24) is 9.13 Å². The molecule has 5 heteroatoms. The van der Waals surface area contributed by atoms with E-state index < -0.39 is 0 Å². The Bertz CT molecular complexity index is 851. The van der Waals surface area contributed by atoms with E-state index in [0.29, 0.717) is 5.56 Å². The van der Waals surface area contributed by atoms with E-state index in [2.05, 4.69) is 15.9 Å². The van der Waals surface area contributed by atoms with Crippen LogP contribution < -0.4 is 5.69 Å². The monoisotopic (exact) mass is 334 g/mol. The molecular formula is C15H12BrFN2O. The number of hydrogen-bond donors (Lipinski definition) is 0. The predicted octanol–water partition coefficient (Wildman–Crippen LogP) is 3.29. The van der Waals surface area contributed by atoms with Gasteiger partial charge in [0.05, 0.1) is 17.6 Å². The van der Waals surface area contributed by atoms with Gasteiger partial charge in [-0.1, -0.05) is 28.1 Å². The van der Waals surface area contributed by atoms with Crippen molar-refractivity contribution in [3.8, 4) is 0 Å². The molecule has 0 aliphatic carbocycles. The lowest BCUT2D eigenvalue weighted by Gasteiger charge is -2.05. The van der Waals surface area contributed by atoms with Crippen molar-refractivity contribution in [3.63, 3.8) is 0 Å². The van der Waals surface area contributed by atoms with Crippen LogP contribution in [0.15, 0.2) is 51.7 Å². The summed E-state index contributed by atoms with van der Waals surface area (Å²) in [5.41, 5.74) is 1.98. The van der Waals surface area contributed by atoms with Gasteiger partial charge in [-0.05, 0) is 30.3 Å². The first kappa shape index (κ1) is 13.1. The number of nitrogens with zero attached hydrogens (tertiary/aromatic N) is 2. The van der Waals surface area contributed by atoms with Crippen molar-refractivity contribution in [2.75, 3.05) is 0 Å². The van der Waals surface area contributed by atoms with Gasteiger partial charge in [0, 0.05) is 17.1 Å². The molecule has 0 radical (unpaired) electrons. The molecule has 0 atom stereocenters. The normalized spacial score (nSPS) is 11.2. The zero-order valence-corrected chi connectivity index (χ0v) is 12.4. The summed E-state index contributed by atoms with van der Waals surface area (Å²) >= 11 is 3.32. The molecular weight excluding hydrogens is 323 g/mol. The van der Waals surface area contributed by atoms with E-state index in [-0.39, 0.29) is 18.1 Å². The number of aromatic nitrogens is 2. The first-order valence-corrected chi connectivity index (χ1v) is 6.95. The SMILES string of the molecule is Cn1c(=O)n(Cc2cc(Br)ccc2F)c2ccccc21. The van der Waals surface area contributed by atoms with E-state index >= 15 is 0 Å². The zero-order chi connectivity index (χ0) is 14.3. The highest BCUT2D eigenvalue weighted by molar-refractivity contribution is 9.10. The number of rotatable bonds is 2. The molecule has 0 aliphatic heterocycles. The van der Waals surface area contributed by atoms with Gasteiger partial charge in [0.25, 0.3) is 0 Å². The maximum atomic E-state index is 13.9. The van der Waals surface area contributed by atoms with Crippen LogP contribution in [0, 0.1) is 5.82 Å². The second-order valence-electron chi connectivity index (χ2n) is 4.65. The largest absolute Gasteiger partial charge is 0.329 e. The average molecular weight is 335 g/mol. The Kier molecular flexibility index (Phi) is 3.22. The highest BCUT2D eigenvalue weighted by atomic mass is 79.9. The van der Waals surface area contributed by atoms with Crippen LogP contribution in [-0.4, -0.2) is 9.13 Å². The third kappa shape index (κ3) is 2.08. The van der Waals surface area contributed by atoms with Gasteiger partial charge in [-0.3, -0.25) is 9.13 Å². The third-order valence-corrected chi connectivity index (χ3v) is 3.88. The van der Waals surface area contributed by atoms with Crippen LogP contribution >= 0.6 is 15.9 Å². The van der Waals surface area contributed by atoms with Gasteiger partial charge in [0.15, 0.2) is 0 Å². The fourth-order valence-corrected chi connectivity index (χ4v) is 2.76. The first-order valence-electron chi connectivity index (χ1n) is 6.16. The molecule has 2 aromatic carbocycles. The molecule has 20 heavy (non-hydrogen) atoms. The van der Waals surface area contributed by atoms with Crippen LogP contribution in [0.25, 0.3) is 11.0 Å². The van der Waals surface area contributed by atoms with Crippen molar-refractivity contribution in [2.45, 2.75) is 6.54 Å². The molecule has 0 bridgehead atoms. The fraction of sp³-hybridized carbons (Fsp3) is 0.133.